The average molecular weight is 342 g/mol. The molecule has 0 radical (unpaired) electrons. The Kier molecular flexibility index (Phi) is 3.95. The van der Waals surface area contributed by atoms with E-state index in [1.165, 1.54) is 11.1 Å². The molecule has 1 saturated heterocycles. The van der Waals surface area contributed by atoms with Crippen LogP contribution < -0.4 is 4.74 Å². The van der Waals surface area contributed by atoms with Gasteiger partial charge in [-0.05, 0) is 43.5 Å². The highest BCUT2D eigenvalue weighted by atomic mass is 16.5. The van der Waals surface area contributed by atoms with E-state index in [2.05, 4.69) is 35.1 Å². The SMILES string of the molecule is Cc1nc([C@@H]2CN(C(=O)[C@H]3Cc4cc(C)c(C)cc4O3)CCO2)n[nH]1. The maximum atomic E-state index is 12.9. The van der Waals surface area contributed by atoms with Gasteiger partial charge in [-0.25, -0.2) is 4.98 Å². The fraction of sp³-hybridized carbons (Fsp3) is 0.500. The number of benzene rings is 1. The minimum Gasteiger partial charge on any atom is -0.480 e. The zero-order valence-corrected chi connectivity index (χ0v) is 14.7. The lowest BCUT2D eigenvalue weighted by Gasteiger charge is -2.32. The molecule has 25 heavy (non-hydrogen) atoms. The largest absolute Gasteiger partial charge is 0.480 e. The summed E-state index contributed by atoms with van der Waals surface area (Å²) in [5.74, 6) is 2.17. The minimum absolute atomic E-state index is 0.00654. The second-order valence-electron chi connectivity index (χ2n) is 6.78. The lowest BCUT2D eigenvalue weighted by atomic mass is 10.0. The van der Waals surface area contributed by atoms with E-state index in [1.54, 1.807) is 4.90 Å². The second kappa shape index (κ2) is 6.15. The first-order valence-electron chi connectivity index (χ1n) is 8.57. The smallest absolute Gasteiger partial charge is 0.264 e. The standard InChI is InChI=1S/C18H22N4O3/c1-10-6-13-8-15(25-14(13)7-11(10)2)18(23)22-4-5-24-16(9-22)17-19-12(3)20-21-17/h6-7,15-16H,4-5,8-9H2,1-3H3,(H,19,20,21)/t15-,16+/m1/s1. The van der Waals surface area contributed by atoms with Gasteiger partial charge in [0.05, 0.1) is 13.2 Å². The summed E-state index contributed by atoms with van der Waals surface area (Å²) in [6.45, 7) is 7.46. The number of carbonyl (C=O) groups is 1. The number of H-pyrrole nitrogens is 1. The molecule has 0 bridgehead atoms. The van der Waals surface area contributed by atoms with Crippen LogP contribution in [0.1, 0.15) is 34.4 Å². The Bertz CT molecular complexity index is 786. The number of fused-ring (bicyclic) bond motifs is 1. The van der Waals surface area contributed by atoms with E-state index in [-0.39, 0.29) is 12.0 Å². The number of amides is 1. The highest BCUT2D eigenvalue weighted by Gasteiger charge is 2.36. The van der Waals surface area contributed by atoms with E-state index in [0.717, 1.165) is 17.1 Å². The molecule has 2 aliphatic heterocycles. The van der Waals surface area contributed by atoms with Crippen molar-refractivity contribution in [1.29, 1.82) is 0 Å². The first-order chi connectivity index (χ1) is 12.0. The lowest BCUT2D eigenvalue weighted by Crippen LogP contribution is -2.48. The highest BCUT2D eigenvalue weighted by Crippen LogP contribution is 2.32. The van der Waals surface area contributed by atoms with Gasteiger partial charge in [-0.15, -0.1) is 0 Å². The molecule has 2 aromatic rings. The summed E-state index contributed by atoms with van der Waals surface area (Å²) < 4.78 is 11.7. The van der Waals surface area contributed by atoms with Gasteiger partial charge in [0.25, 0.3) is 5.91 Å². The molecule has 3 heterocycles. The Morgan fingerprint density at radius 2 is 2.08 bits per heavy atom. The zero-order chi connectivity index (χ0) is 17.6. The molecule has 0 spiro atoms. The summed E-state index contributed by atoms with van der Waals surface area (Å²) in [7, 11) is 0. The molecule has 2 aliphatic rings. The Labute approximate surface area is 146 Å². The van der Waals surface area contributed by atoms with Gasteiger partial charge < -0.3 is 14.4 Å². The molecule has 7 heteroatoms. The van der Waals surface area contributed by atoms with Crippen LogP contribution in [0.25, 0.3) is 0 Å². The van der Waals surface area contributed by atoms with Crippen molar-refractivity contribution in [3.05, 3.63) is 40.5 Å². The van der Waals surface area contributed by atoms with Crippen molar-refractivity contribution in [3.63, 3.8) is 0 Å². The van der Waals surface area contributed by atoms with Crippen LogP contribution in [0.5, 0.6) is 5.75 Å². The van der Waals surface area contributed by atoms with Crippen LogP contribution in [0, 0.1) is 20.8 Å². The summed E-state index contributed by atoms with van der Waals surface area (Å²) in [5, 5.41) is 6.97. The number of carbonyl (C=O) groups excluding carboxylic acids is 1. The van der Waals surface area contributed by atoms with Crippen LogP contribution >= 0.6 is 0 Å². The van der Waals surface area contributed by atoms with Crippen molar-refractivity contribution >= 4 is 5.91 Å². The van der Waals surface area contributed by atoms with Gasteiger partial charge in [-0.1, -0.05) is 6.07 Å². The number of nitrogens with one attached hydrogen (secondary N) is 1. The van der Waals surface area contributed by atoms with Crippen LogP contribution in [0.2, 0.25) is 0 Å². The van der Waals surface area contributed by atoms with Crippen LogP contribution in [-0.2, 0) is 16.0 Å². The molecular formula is C18H22N4O3. The third-order valence-electron chi connectivity index (χ3n) is 4.91. The molecule has 0 unspecified atom stereocenters. The molecule has 2 atom stereocenters. The van der Waals surface area contributed by atoms with Crippen molar-refractivity contribution < 1.29 is 14.3 Å². The third kappa shape index (κ3) is 3.00. The topological polar surface area (TPSA) is 80.3 Å². The fourth-order valence-electron chi connectivity index (χ4n) is 3.36. The zero-order valence-electron chi connectivity index (χ0n) is 14.7. The summed E-state index contributed by atoms with van der Waals surface area (Å²) in [6, 6.07) is 4.15. The van der Waals surface area contributed by atoms with Gasteiger partial charge in [-0.3, -0.25) is 9.89 Å². The maximum absolute atomic E-state index is 12.9. The molecule has 132 valence electrons. The lowest BCUT2D eigenvalue weighted by molar-refractivity contribution is -0.146. The Balaban J connectivity index is 1.46. The van der Waals surface area contributed by atoms with E-state index in [4.69, 9.17) is 9.47 Å². The number of rotatable bonds is 2. The van der Waals surface area contributed by atoms with Crippen molar-refractivity contribution in [2.24, 2.45) is 0 Å². The van der Waals surface area contributed by atoms with E-state index in [1.807, 2.05) is 13.0 Å². The highest BCUT2D eigenvalue weighted by molar-refractivity contribution is 5.83. The van der Waals surface area contributed by atoms with E-state index < -0.39 is 6.10 Å². The first-order valence-corrected chi connectivity index (χ1v) is 8.57. The maximum Gasteiger partial charge on any atom is 0.264 e. The summed E-state index contributed by atoms with van der Waals surface area (Å²) >= 11 is 0. The number of hydrogen-bond donors (Lipinski definition) is 1. The molecular weight excluding hydrogens is 320 g/mol. The normalized spacial score (nSPS) is 22.6. The predicted octanol–water partition coefficient (Wildman–Crippen LogP) is 1.63. The Hall–Kier alpha value is -2.41. The Morgan fingerprint density at radius 1 is 1.28 bits per heavy atom. The molecule has 1 aromatic heterocycles. The van der Waals surface area contributed by atoms with Gasteiger partial charge in [-0.2, -0.15) is 5.10 Å². The average Bonchev–Trinajstić information content (AvgIpc) is 3.21. The van der Waals surface area contributed by atoms with Crippen LogP contribution in [0.4, 0.5) is 0 Å². The van der Waals surface area contributed by atoms with E-state index >= 15 is 0 Å². The minimum atomic E-state index is -0.455. The number of ether oxygens (including phenoxy) is 2. The van der Waals surface area contributed by atoms with Gasteiger partial charge in [0.2, 0.25) is 0 Å². The van der Waals surface area contributed by atoms with Crippen LogP contribution in [0.3, 0.4) is 0 Å². The molecule has 1 amide bonds. The van der Waals surface area contributed by atoms with Crippen LogP contribution in [0.15, 0.2) is 12.1 Å². The number of nitrogens with zero attached hydrogens (tertiary/aromatic N) is 3. The van der Waals surface area contributed by atoms with E-state index in [9.17, 15) is 4.79 Å². The van der Waals surface area contributed by atoms with E-state index in [0.29, 0.717) is 31.9 Å². The molecule has 1 aromatic carbocycles. The fourth-order valence-corrected chi connectivity index (χ4v) is 3.36. The molecule has 1 N–H and O–H groups in total. The van der Waals surface area contributed by atoms with Gasteiger partial charge >= 0.3 is 0 Å². The molecule has 7 nitrogen and oxygen atoms in total. The summed E-state index contributed by atoms with van der Waals surface area (Å²) in [6.07, 6.45) is -0.128. The third-order valence-corrected chi connectivity index (χ3v) is 4.91. The predicted molar refractivity (Wildman–Crippen MR) is 90.4 cm³/mol. The number of hydrogen-bond acceptors (Lipinski definition) is 5. The molecule has 1 fully saturated rings. The number of aromatic amines is 1. The quantitative estimate of drug-likeness (QED) is 0.897. The molecule has 4 rings (SSSR count). The first kappa shape index (κ1) is 16.1. The summed E-state index contributed by atoms with van der Waals surface area (Å²) in [4.78, 5) is 19.0. The number of aryl methyl sites for hydroxylation is 3. The Morgan fingerprint density at radius 3 is 2.84 bits per heavy atom. The monoisotopic (exact) mass is 342 g/mol. The van der Waals surface area contributed by atoms with Crippen molar-refractivity contribution in [3.8, 4) is 5.75 Å². The number of morpholine rings is 1. The van der Waals surface area contributed by atoms with Gasteiger partial charge in [0.15, 0.2) is 11.9 Å². The van der Waals surface area contributed by atoms with Crippen molar-refractivity contribution in [1.82, 2.24) is 20.1 Å². The van der Waals surface area contributed by atoms with Gasteiger partial charge in [0, 0.05) is 13.0 Å². The molecule has 0 aliphatic carbocycles. The van der Waals surface area contributed by atoms with Crippen molar-refractivity contribution in [2.45, 2.75) is 39.4 Å². The summed E-state index contributed by atoms with van der Waals surface area (Å²) in [5.41, 5.74) is 3.51. The van der Waals surface area contributed by atoms with Crippen molar-refractivity contribution in [2.75, 3.05) is 19.7 Å². The number of aromatic nitrogens is 3. The van der Waals surface area contributed by atoms with Crippen LogP contribution in [-0.4, -0.2) is 51.8 Å². The second-order valence-corrected chi connectivity index (χ2v) is 6.78. The van der Waals surface area contributed by atoms with Gasteiger partial charge in [0.1, 0.15) is 17.7 Å². The molecule has 0 saturated carbocycles.